The van der Waals surface area contributed by atoms with E-state index < -0.39 is 0 Å². The van der Waals surface area contributed by atoms with E-state index in [-0.39, 0.29) is 12.1 Å². The van der Waals surface area contributed by atoms with Crippen LogP contribution in [0, 0.1) is 0 Å². The molecule has 0 aromatic heterocycles. The van der Waals surface area contributed by atoms with Crippen molar-refractivity contribution in [2.45, 2.75) is 44.3 Å². The van der Waals surface area contributed by atoms with E-state index in [1.807, 2.05) is 0 Å². The van der Waals surface area contributed by atoms with Crippen LogP contribution in [0.5, 0.6) is 57.5 Å². The van der Waals surface area contributed by atoms with Gasteiger partial charge in [-0.1, -0.05) is 0 Å². The SMILES string of the molecule is COc1cc2c(cc1OC)C1Cc3c(cc(OC)c(OC)c3Oc3cc4c(cc3OC)-c3c(OC)c(OC)c(OC)c5c3C(C4)N(C)CC5)CN1CC2. The van der Waals surface area contributed by atoms with Gasteiger partial charge < -0.3 is 42.6 Å². The molecule has 0 fully saturated rings. The molecular formula is C42H48N2O9. The van der Waals surface area contributed by atoms with E-state index in [0.29, 0.717) is 46.7 Å². The maximum Gasteiger partial charge on any atom is 0.204 e. The average molecular weight is 725 g/mol. The molecule has 0 amide bonds. The molecule has 11 nitrogen and oxygen atoms in total. The molecule has 0 spiro atoms. The Hall–Kier alpha value is -5.00. The van der Waals surface area contributed by atoms with E-state index in [9.17, 15) is 0 Å². The second-order valence-electron chi connectivity index (χ2n) is 14.0. The van der Waals surface area contributed by atoms with Gasteiger partial charge in [0.1, 0.15) is 0 Å². The smallest absolute Gasteiger partial charge is 0.204 e. The van der Waals surface area contributed by atoms with Gasteiger partial charge in [-0.3, -0.25) is 9.80 Å². The molecule has 0 N–H and O–H groups in total. The molecule has 8 rings (SSSR count). The van der Waals surface area contributed by atoms with Gasteiger partial charge in [0.25, 0.3) is 0 Å². The highest BCUT2D eigenvalue weighted by molar-refractivity contribution is 5.87. The van der Waals surface area contributed by atoms with Crippen molar-refractivity contribution in [3.63, 3.8) is 0 Å². The van der Waals surface area contributed by atoms with Gasteiger partial charge in [0.05, 0.1) is 56.9 Å². The molecule has 53 heavy (non-hydrogen) atoms. The lowest BCUT2D eigenvalue weighted by Crippen LogP contribution is -2.39. The Morgan fingerprint density at radius 2 is 1.15 bits per heavy atom. The molecule has 0 bridgehead atoms. The van der Waals surface area contributed by atoms with Crippen LogP contribution in [0.25, 0.3) is 11.1 Å². The third kappa shape index (κ3) is 5.38. The Kier molecular flexibility index (Phi) is 9.10. The zero-order valence-electron chi connectivity index (χ0n) is 32.1. The summed E-state index contributed by atoms with van der Waals surface area (Å²) in [5.41, 5.74) is 10.2. The summed E-state index contributed by atoms with van der Waals surface area (Å²) in [6, 6.07) is 10.8. The number of rotatable bonds is 10. The Morgan fingerprint density at radius 3 is 1.83 bits per heavy atom. The molecule has 3 heterocycles. The van der Waals surface area contributed by atoms with Crippen molar-refractivity contribution in [3.05, 3.63) is 69.3 Å². The highest BCUT2D eigenvalue weighted by atomic mass is 16.6. The van der Waals surface area contributed by atoms with E-state index in [0.717, 1.165) is 89.5 Å². The number of methoxy groups -OCH3 is 8. The number of benzene rings is 4. The van der Waals surface area contributed by atoms with Crippen molar-refractivity contribution in [3.8, 4) is 68.6 Å². The van der Waals surface area contributed by atoms with Gasteiger partial charge in [-0.25, -0.2) is 0 Å². The molecule has 0 saturated carbocycles. The molecular weight excluding hydrogens is 676 g/mol. The third-order valence-corrected chi connectivity index (χ3v) is 11.7. The number of likely N-dealkylation sites (N-methyl/N-ethyl adjacent to an activating group) is 1. The zero-order chi connectivity index (χ0) is 37.1. The second kappa shape index (κ2) is 13.8. The van der Waals surface area contributed by atoms with Gasteiger partial charge >= 0.3 is 0 Å². The lowest BCUT2D eigenvalue weighted by atomic mass is 9.76. The van der Waals surface area contributed by atoms with Crippen LogP contribution in [0.4, 0.5) is 0 Å². The number of fused-ring (bicyclic) bond motifs is 6. The lowest BCUT2D eigenvalue weighted by Gasteiger charge is -2.42. The first kappa shape index (κ1) is 35.1. The van der Waals surface area contributed by atoms with Gasteiger partial charge in [0, 0.05) is 48.4 Å². The second-order valence-corrected chi connectivity index (χ2v) is 14.0. The fourth-order valence-electron chi connectivity index (χ4n) is 9.16. The molecule has 2 atom stereocenters. The van der Waals surface area contributed by atoms with Crippen LogP contribution in [-0.2, 0) is 32.2 Å². The van der Waals surface area contributed by atoms with Crippen LogP contribution in [0.15, 0.2) is 30.3 Å². The van der Waals surface area contributed by atoms with Crippen LogP contribution in [0.3, 0.4) is 0 Å². The van der Waals surface area contributed by atoms with Crippen molar-refractivity contribution in [2.75, 3.05) is 77.0 Å². The summed E-state index contributed by atoms with van der Waals surface area (Å²) < 4.78 is 54.6. The van der Waals surface area contributed by atoms with Crippen molar-refractivity contribution in [1.29, 1.82) is 0 Å². The number of hydrogen-bond donors (Lipinski definition) is 0. The largest absolute Gasteiger partial charge is 0.493 e. The summed E-state index contributed by atoms with van der Waals surface area (Å²) >= 11 is 0. The van der Waals surface area contributed by atoms with Gasteiger partial charge in [-0.05, 0) is 96.4 Å². The standard InChI is InChI=1S/C42H48N2O9/c1-43-12-11-25-36-30(43)14-23-16-34(33(47-4)20-27(23)37(36)41(51-8)42(52-9)38(25)49-6)53-39-28-18-29-26-19-32(46-3)31(45-2)15-22(26)10-13-44(29)21-24(28)17-35(48-5)40(39)50-7/h15-17,19-20,29-30H,10-14,18,21H2,1-9H3. The minimum atomic E-state index is 0.114. The molecule has 4 aliphatic rings. The predicted octanol–water partition coefficient (Wildman–Crippen LogP) is 6.96. The molecule has 4 aromatic carbocycles. The maximum absolute atomic E-state index is 7.06. The number of hydrogen-bond acceptors (Lipinski definition) is 11. The fraction of sp³-hybridized carbons (Fsp3) is 0.429. The number of nitrogens with zero attached hydrogens (tertiary/aromatic N) is 2. The zero-order valence-corrected chi connectivity index (χ0v) is 32.1. The summed E-state index contributed by atoms with van der Waals surface area (Å²) in [6.45, 7) is 2.56. The minimum absolute atomic E-state index is 0.114. The average Bonchev–Trinajstić information content (AvgIpc) is 3.19. The van der Waals surface area contributed by atoms with Crippen molar-refractivity contribution in [1.82, 2.24) is 9.80 Å². The first-order chi connectivity index (χ1) is 25.8. The molecule has 3 aliphatic heterocycles. The summed E-state index contributed by atoms with van der Waals surface area (Å²) in [7, 11) is 15.6. The molecule has 0 saturated heterocycles. The van der Waals surface area contributed by atoms with Crippen molar-refractivity contribution in [2.24, 2.45) is 0 Å². The van der Waals surface area contributed by atoms with Crippen LogP contribution < -0.4 is 42.6 Å². The molecule has 2 unspecified atom stereocenters. The Labute approximate surface area is 311 Å². The lowest BCUT2D eigenvalue weighted by molar-refractivity contribution is 0.158. The third-order valence-electron chi connectivity index (χ3n) is 11.7. The fourth-order valence-corrected chi connectivity index (χ4v) is 9.16. The predicted molar refractivity (Wildman–Crippen MR) is 201 cm³/mol. The van der Waals surface area contributed by atoms with E-state index >= 15 is 0 Å². The normalized spacial score (nSPS) is 18.4. The van der Waals surface area contributed by atoms with Crippen molar-refractivity contribution < 1.29 is 42.6 Å². The van der Waals surface area contributed by atoms with Crippen LogP contribution in [0.1, 0.15) is 51.0 Å². The summed E-state index contributed by atoms with van der Waals surface area (Å²) in [4.78, 5) is 4.93. The summed E-state index contributed by atoms with van der Waals surface area (Å²) in [6.07, 6.45) is 3.26. The monoisotopic (exact) mass is 724 g/mol. The maximum atomic E-state index is 7.06. The topological polar surface area (TPSA) is 89.6 Å². The number of ether oxygens (including phenoxy) is 9. The van der Waals surface area contributed by atoms with Crippen LogP contribution >= 0.6 is 0 Å². The van der Waals surface area contributed by atoms with Gasteiger partial charge in [-0.2, -0.15) is 0 Å². The summed E-state index contributed by atoms with van der Waals surface area (Å²) in [5, 5.41) is 0. The Bertz CT molecular complexity index is 2100. The minimum Gasteiger partial charge on any atom is -0.493 e. The van der Waals surface area contributed by atoms with Crippen molar-refractivity contribution >= 4 is 0 Å². The first-order valence-electron chi connectivity index (χ1n) is 18.0. The first-order valence-corrected chi connectivity index (χ1v) is 18.0. The van der Waals surface area contributed by atoms with Gasteiger partial charge in [0.15, 0.2) is 46.0 Å². The molecule has 1 aliphatic carbocycles. The quantitative estimate of drug-likeness (QED) is 0.170. The van der Waals surface area contributed by atoms with Crippen LogP contribution in [0.2, 0.25) is 0 Å². The van der Waals surface area contributed by atoms with E-state index in [4.69, 9.17) is 42.6 Å². The molecule has 4 aromatic rings. The Balaban J connectivity index is 1.27. The summed E-state index contributed by atoms with van der Waals surface area (Å²) in [5.74, 6) is 6.45. The molecule has 0 radical (unpaired) electrons. The van der Waals surface area contributed by atoms with Gasteiger partial charge in [-0.15, -0.1) is 0 Å². The van der Waals surface area contributed by atoms with E-state index in [1.165, 1.54) is 16.7 Å². The molecule has 11 heteroatoms. The van der Waals surface area contributed by atoms with Crippen LogP contribution in [-0.4, -0.2) is 86.8 Å². The highest BCUT2D eigenvalue weighted by Gasteiger charge is 2.41. The Morgan fingerprint density at radius 1 is 0.509 bits per heavy atom. The van der Waals surface area contributed by atoms with Gasteiger partial charge in [0.2, 0.25) is 11.5 Å². The van der Waals surface area contributed by atoms with E-state index in [1.54, 1.807) is 56.9 Å². The molecule has 280 valence electrons. The van der Waals surface area contributed by atoms with E-state index in [2.05, 4.69) is 47.2 Å². The highest BCUT2D eigenvalue weighted by Crippen LogP contribution is 2.59.